The van der Waals surface area contributed by atoms with Crippen LogP contribution in [0.3, 0.4) is 0 Å². The number of thiophene rings is 1. The zero-order valence-corrected chi connectivity index (χ0v) is 62.9. The molecule has 6 aromatic carbocycles. The van der Waals surface area contributed by atoms with Crippen LogP contribution in [0.25, 0.3) is 88.7 Å². The summed E-state index contributed by atoms with van der Waals surface area (Å²) in [5.74, 6) is 3.17. The summed E-state index contributed by atoms with van der Waals surface area (Å²) >= 11 is 1.58. The van der Waals surface area contributed by atoms with Gasteiger partial charge in [0.25, 0.3) is 0 Å². The fraction of sp³-hybridized carbons (Fsp3) is 0.133. The maximum Gasteiger partial charge on any atom is 0.237 e. The molecule has 0 saturated heterocycles. The fourth-order valence-electron chi connectivity index (χ4n) is 7.08. The molecule has 11 rings (SSSR count). The molecule has 15 heteroatoms. The molecule has 0 N–H and O–H groups in total. The zero-order chi connectivity index (χ0) is 44.4. The summed E-state index contributed by atoms with van der Waals surface area (Å²) < 4.78 is 23.1. The Bertz CT molecular complexity index is 3180. The molecule has 0 atom stereocenters. The maximum absolute atomic E-state index is 6.03. The van der Waals surface area contributed by atoms with Gasteiger partial charge in [-0.05, 0) is 93.7 Å². The van der Waals surface area contributed by atoms with Crippen LogP contribution in [-0.2, 0) is 207 Å². The molecule has 376 valence electrons. The van der Waals surface area contributed by atoms with Crippen LogP contribution in [0.15, 0.2) is 182 Å². The number of hydrogen-bond donors (Lipinski definition) is 0. The van der Waals surface area contributed by atoms with Crippen molar-refractivity contribution < 1.29 is 214 Å². The summed E-state index contributed by atoms with van der Waals surface area (Å²) in [6.45, 7) is 16.9. The predicted molar refractivity (Wildman–Crippen MR) is 291 cm³/mol. The first-order chi connectivity index (χ1) is 30.8. The number of rotatable bonds is 5. The molecule has 0 amide bonds. The summed E-state index contributed by atoms with van der Waals surface area (Å²) in [4.78, 5) is 19.9. The van der Waals surface area contributed by atoms with Crippen molar-refractivity contribution in [3.05, 3.63) is 225 Å². The Balaban J connectivity index is -0.00000103. The van der Waals surface area contributed by atoms with Crippen molar-refractivity contribution in [2.24, 2.45) is 0 Å². The van der Waals surface area contributed by atoms with E-state index in [-0.39, 0.29) is 244 Å². The van der Waals surface area contributed by atoms with Gasteiger partial charge in [-0.25, -0.2) is 19.9 Å². The summed E-state index contributed by atoms with van der Waals surface area (Å²) in [6, 6.07) is 52.6. The van der Waals surface area contributed by atoms with Crippen molar-refractivity contribution >= 4 is 44.6 Å². The molecule has 5 heterocycles. The van der Waals surface area contributed by atoms with Gasteiger partial charge in [0, 0.05) is 207 Å². The molecule has 11 aromatic rings. The molecule has 6 radical (unpaired) electrons. The molecule has 0 fully saturated rings. The molecule has 0 spiro atoms. The van der Waals surface area contributed by atoms with Crippen molar-refractivity contribution in [1.29, 1.82) is 0 Å². The first kappa shape index (κ1) is 78.4. The molecule has 75 heavy (non-hydrogen) atoms. The van der Waals surface area contributed by atoms with Gasteiger partial charge in [0.2, 0.25) is 17.7 Å². The van der Waals surface area contributed by atoms with Crippen molar-refractivity contribution in [1.82, 2.24) is 19.9 Å². The van der Waals surface area contributed by atoms with E-state index in [4.69, 9.17) is 27.6 Å². The van der Waals surface area contributed by atoms with Crippen molar-refractivity contribution in [3.8, 4) is 55.4 Å². The quantitative estimate of drug-likeness (QED) is 0.157. The van der Waals surface area contributed by atoms with Crippen LogP contribution in [0.4, 0.5) is 0 Å². The van der Waals surface area contributed by atoms with Gasteiger partial charge in [-0.15, -0.1) is 11.3 Å². The topological polar surface area (TPSA) is 104 Å². The van der Waals surface area contributed by atoms with E-state index in [2.05, 4.69) is 94.8 Å². The number of nitrogens with zero attached hydrogens (tertiary/aromatic N) is 4. The summed E-state index contributed by atoms with van der Waals surface area (Å²) in [5, 5.41) is 0. The van der Waals surface area contributed by atoms with Gasteiger partial charge >= 0.3 is 0 Å². The second kappa shape index (κ2) is 35.1. The zero-order valence-electron chi connectivity index (χ0n) is 45.1. The standard InChI is InChI=1S/C26H26N2O2S.C15H11NO.C14H10NO.5CH3.6Y/c1-25(2,3)15-7-9-19-17(13-15)27-23(29-19)21-11-12-22(31-21)24-28-18-14-16(26(4,5)6)8-10-20(18)30-24;1-3-7-12(8-4-1)14-11-16-15(17-14)13-9-5-2-6-10-13;1-10-15-13-9-12(7-8-14(13)16-10)11-5-3-2-4-6-11;;;;;;;;;;;/h7-14H,1-6H3;1-11H;2-9H,1H2;5*1H3;;;;;;/q;;6*-1;;;;;;. The minimum atomic E-state index is 0. The van der Waals surface area contributed by atoms with Crippen LogP contribution in [0.5, 0.6) is 0 Å². The fourth-order valence-corrected chi connectivity index (χ4v) is 7.93. The Labute approximate surface area is 601 Å². The molecule has 8 nitrogen and oxygen atoms in total. The molecular weight excluding hydrogens is 1410 g/mol. The number of fused-ring (bicyclic) bond motifs is 3. The Morgan fingerprint density at radius 1 is 0.387 bits per heavy atom. The van der Waals surface area contributed by atoms with E-state index in [1.54, 1.807) is 17.5 Å². The number of hydrogen-bond acceptors (Lipinski definition) is 9. The van der Waals surface area contributed by atoms with Crippen LogP contribution < -0.4 is 0 Å². The molecule has 0 saturated carbocycles. The first-order valence-electron chi connectivity index (χ1n) is 21.1. The van der Waals surface area contributed by atoms with Gasteiger partial charge in [-0.1, -0.05) is 139 Å². The van der Waals surface area contributed by atoms with E-state index in [0.29, 0.717) is 23.6 Å². The molecule has 0 bridgehead atoms. The van der Waals surface area contributed by atoms with Crippen molar-refractivity contribution in [2.45, 2.75) is 52.4 Å². The van der Waals surface area contributed by atoms with Crippen molar-refractivity contribution in [3.63, 3.8) is 0 Å². The Kier molecular flexibility index (Phi) is 36.7. The van der Waals surface area contributed by atoms with Gasteiger partial charge < -0.3 is 61.7 Å². The van der Waals surface area contributed by atoms with Crippen LogP contribution in [-0.4, -0.2) is 19.9 Å². The Morgan fingerprint density at radius 3 is 1.24 bits per heavy atom. The predicted octanol–water partition coefficient (Wildman–Crippen LogP) is 17.9. The minimum absolute atomic E-state index is 0. The van der Waals surface area contributed by atoms with E-state index in [1.807, 2.05) is 121 Å². The average Bonchev–Trinajstić information content (AvgIpc) is 4.16. The third kappa shape index (κ3) is 20.0. The average molecular weight is 1470 g/mol. The molecule has 0 aliphatic rings. The number of benzene rings is 6. The number of aromatic nitrogens is 4. The van der Waals surface area contributed by atoms with E-state index in [9.17, 15) is 0 Å². The molecule has 0 aliphatic heterocycles. The SMILES string of the molecule is CC(C)(C)c1ccc2oc(-c3ccc(-c4nc5cc(C(C)(C)C)ccc5o4)s3)nc2c1.[CH2-]c1nc2cc(-c3ccccc3)ccc2o1.[CH3-].[CH3-].[CH3-].[CH3-].[CH3-].[Y].[Y].[Y].[Y].[Y].[Y].c1ccc(-c2cnc(-c3ccccc3)o2)cc1. The maximum atomic E-state index is 6.03. The van der Waals surface area contributed by atoms with Gasteiger partial charge in [0.1, 0.15) is 16.6 Å². The van der Waals surface area contributed by atoms with Crippen LogP contribution in [0.2, 0.25) is 0 Å². The van der Waals surface area contributed by atoms with Gasteiger partial charge in [-0.2, -0.15) is 0 Å². The third-order valence-corrected chi connectivity index (χ3v) is 11.7. The first-order valence-corrected chi connectivity index (χ1v) is 21.9. The van der Waals surface area contributed by atoms with E-state index in [0.717, 1.165) is 65.5 Å². The molecule has 5 aromatic heterocycles. The summed E-state index contributed by atoms with van der Waals surface area (Å²) in [7, 11) is 0. The largest absolute Gasteiger partial charge is 0.472 e. The van der Waals surface area contributed by atoms with Crippen LogP contribution >= 0.6 is 11.3 Å². The minimum Gasteiger partial charge on any atom is -0.472 e. The summed E-state index contributed by atoms with van der Waals surface area (Å²) in [6.07, 6.45) is 1.76. The molecular formula is C60H62N4O4SY6-6. The monoisotopic (exact) mass is 1470 g/mol. The van der Waals surface area contributed by atoms with E-state index >= 15 is 0 Å². The summed E-state index contributed by atoms with van der Waals surface area (Å²) in [5.41, 5.74) is 12.0. The second-order valence-electron chi connectivity index (χ2n) is 17.5. The normalized spacial score (nSPS) is 9.95. The van der Waals surface area contributed by atoms with Crippen molar-refractivity contribution in [2.75, 3.05) is 0 Å². The molecule has 0 unspecified atom stereocenters. The number of oxazole rings is 4. The van der Waals surface area contributed by atoms with Gasteiger partial charge in [0.15, 0.2) is 22.5 Å². The second-order valence-corrected chi connectivity index (χ2v) is 18.6. The van der Waals surface area contributed by atoms with Crippen LogP contribution in [0, 0.1) is 44.1 Å². The Morgan fingerprint density at radius 2 is 0.787 bits per heavy atom. The van der Waals surface area contributed by atoms with Gasteiger partial charge in [0.05, 0.1) is 21.8 Å². The smallest absolute Gasteiger partial charge is 0.237 e. The van der Waals surface area contributed by atoms with E-state index in [1.165, 1.54) is 16.7 Å². The van der Waals surface area contributed by atoms with Crippen LogP contribution in [0.1, 0.15) is 58.6 Å². The third-order valence-electron chi connectivity index (χ3n) is 10.7. The Hall–Kier alpha value is -0.867. The van der Waals surface area contributed by atoms with E-state index < -0.39 is 0 Å². The molecule has 0 aliphatic carbocycles. The van der Waals surface area contributed by atoms with Gasteiger partial charge in [-0.3, -0.25) is 0 Å².